The average Bonchev–Trinajstić information content (AvgIpc) is 2.42. The smallest absolute Gasteiger partial charge is 0.550 e. The average molecular weight is 437 g/mol. The van der Waals surface area contributed by atoms with E-state index in [4.69, 9.17) is 0 Å². The predicted octanol–water partition coefficient (Wildman–Crippen LogP) is 0.375. The van der Waals surface area contributed by atoms with Crippen molar-refractivity contribution in [1.82, 2.24) is 5.32 Å². The molecule has 0 aliphatic rings. The minimum absolute atomic E-state index is 0. The third-order valence-corrected chi connectivity index (χ3v) is 3.58. The van der Waals surface area contributed by atoms with Gasteiger partial charge < -0.3 is 25.1 Å². The maximum Gasteiger partial charge on any atom is 2.00 e. The fraction of sp³-hybridized carbons (Fsp3) is 0.875. The number of aliphatic carboxylic acids is 2. The minimum Gasteiger partial charge on any atom is -0.550 e. The Bertz CT molecular complexity index is 287. The molecule has 0 rings (SSSR count). The Hall–Kier alpha value is 0.471. The number of carbonyl (C=O) groups excluding carboxylic acids is 2. The molecule has 0 aromatic rings. The van der Waals surface area contributed by atoms with E-state index in [1.165, 1.54) is 44.9 Å². The van der Waals surface area contributed by atoms with Gasteiger partial charge in [0.25, 0.3) is 0 Å². The van der Waals surface area contributed by atoms with Gasteiger partial charge in [-0.1, -0.05) is 64.7 Å². The predicted molar refractivity (Wildman–Crippen MR) is 84.0 cm³/mol. The molecule has 0 aliphatic carbocycles. The van der Waals surface area contributed by atoms with Crippen LogP contribution >= 0.6 is 0 Å². The van der Waals surface area contributed by atoms with Crippen LogP contribution in [0.2, 0.25) is 0 Å². The van der Waals surface area contributed by atoms with Crippen molar-refractivity contribution >= 4 is 60.8 Å². The summed E-state index contributed by atoms with van der Waals surface area (Å²) in [6, 6.07) is -1.14. The molecule has 0 saturated heterocycles. The van der Waals surface area contributed by atoms with Crippen LogP contribution in [0.15, 0.2) is 0 Å². The van der Waals surface area contributed by atoms with Crippen molar-refractivity contribution in [2.45, 2.75) is 83.6 Å². The molecule has 0 heterocycles. The number of carboxylic acid groups (broad SMARTS) is 2. The molecule has 0 amide bonds. The third-order valence-electron chi connectivity index (χ3n) is 3.58. The van der Waals surface area contributed by atoms with Gasteiger partial charge >= 0.3 is 48.9 Å². The van der Waals surface area contributed by atoms with Crippen LogP contribution in [0.1, 0.15) is 77.6 Å². The second-order valence-electron chi connectivity index (χ2n) is 5.58. The van der Waals surface area contributed by atoms with E-state index in [1.807, 2.05) is 0 Å². The van der Waals surface area contributed by atoms with E-state index in [9.17, 15) is 19.8 Å². The normalized spacial score (nSPS) is 11.7. The number of rotatable bonds is 15. The van der Waals surface area contributed by atoms with Crippen LogP contribution in [0.5, 0.6) is 0 Å². The molecule has 0 unspecified atom stereocenters. The minimum atomic E-state index is -1.38. The van der Waals surface area contributed by atoms with E-state index >= 15 is 0 Å². The molecule has 0 saturated carbocycles. The Morgan fingerprint density at radius 3 is 1.73 bits per heavy atom. The summed E-state index contributed by atoms with van der Waals surface area (Å²) in [5.41, 5.74) is 0. The maximum atomic E-state index is 10.7. The van der Waals surface area contributed by atoms with Gasteiger partial charge in [0, 0.05) is 12.4 Å². The molecular weight excluding hydrogens is 408 g/mol. The Morgan fingerprint density at radius 1 is 0.864 bits per heavy atom. The topological polar surface area (TPSA) is 92.3 Å². The molecule has 0 radical (unpaired) electrons. The van der Waals surface area contributed by atoms with Gasteiger partial charge in [-0.05, 0) is 13.0 Å². The second kappa shape index (κ2) is 17.8. The van der Waals surface area contributed by atoms with Gasteiger partial charge in [0.15, 0.2) is 0 Å². The fourth-order valence-electron chi connectivity index (χ4n) is 2.29. The van der Waals surface area contributed by atoms with E-state index in [0.29, 0.717) is 6.54 Å². The van der Waals surface area contributed by atoms with Crippen molar-refractivity contribution in [2.75, 3.05) is 6.54 Å². The van der Waals surface area contributed by atoms with E-state index in [1.54, 1.807) is 0 Å². The molecule has 0 spiro atoms. The van der Waals surface area contributed by atoms with Gasteiger partial charge in [-0.15, -0.1) is 0 Å². The summed E-state index contributed by atoms with van der Waals surface area (Å²) in [6.07, 6.45) is 11.5. The second-order valence-corrected chi connectivity index (χ2v) is 5.58. The molecule has 1 atom stereocenters. The molecule has 124 valence electrons. The van der Waals surface area contributed by atoms with Crippen LogP contribution in [0.25, 0.3) is 0 Å². The third kappa shape index (κ3) is 16.8. The fourth-order valence-corrected chi connectivity index (χ4v) is 2.29. The molecule has 0 fully saturated rings. The summed E-state index contributed by atoms with van der Waals surface area (Å²) in [7, 11) is 0. The van der Waals surface area contributed by atoms with Crippen molar-refractivity contribution < 1.29 is 19.8 Å². The van der Waals surface area contributed by atoms with Crippen molar-refractivity contribution in [1.29, 1.82) is 0 Å². The van der Waals surface area contributed by atoms with Crippen molar-refractivity contribution in [3.8, 4) is 0 Å². The van der Waals surface area contributed by atoms with Crippen LogP contribution < -0.4 is 15.5 Å². The van der Waals surface area contributed by atoms with Crippen molar-refractivity contribution in [3.05, 3.63) is 0 Å². The molecule has 0 bridgehead atoms. The molecule has 0 aliphatic heterocycles. The number of nitrogens with one attached hydrogen (secondary N) is 1. The van der Waals surface area contributed by atoms with Gasteiger partial charge in [0.05, 0.1) is 12.0 Å². The number of hydrogen-bond donors (Lipinski definition) is 1. The van der Waals surface area contributed by atoms with Crippen LogP contribution in [-0.2, 0) is 9.59 Å². The molecule has 6 heteroatoms. The Morgan fingerprint density at radius 2 is 1.32 bits per heavy atom. The first-order chi connectivity index (χ1) is 10.1. The zero-order valence-electron chi connectivity index (χ0n) is 13.9. The summed E-state index contributed by atoms with van der Waals surface area (Å²) in [5.74, 6) is -2.76. The summed E-state index contributed by atoms with van der Waals surface area (Å²) < 4.78 is 0. The zero-order valence-corrected chi connectivity index (χ0v) is 18.3. The first kappa shape index (κ1) is 24.7. The Balaban J connectivity index is 0. The first-order valence-corrected chi connectivity index (χ1v) is 8.22. The maximum absolute atomic E-state index is 10.7. The van der Waals surface area contributed by atoms with Gasteiger partial charge in [-0.25, -0.2) is 0 Å². The van der Waals surface area contributed by atoms with Crippen LogP contribution in [-0.4, -0.2) is 73.4 Å². The summed E-state index contributed by atoms with van der Waals surface area (Å²) in [5, 5.41) is 23.7. The number of unbranched alkanes of at least 4 members (excludes halogenated alkanes) is 9. The van der Waals surface area contributed by atoms with E-state index in [2.05, 4.69) is 12.2 Å². The van der Waals surface area contributed by atoms with Crippen LogP contribution in [0.3, 0.4) is 0 Å². The number of carbonyl (C=O) groups is 2. The van der Waals surface area contributed by atoms with E-state index in [-0.39, 0.29) is 48.9 Å². The van der Waals surface area contributed by atoms with Crippen LogP contribution in [0.4, 0.5) is 0 Å². The van der Waals surface area contributed by atoms with Crippen LogP contribution in [0, 0.1) is 0 Å². The van der Waals surface area contributed by atoms with Gasteiger partial charge in [-0.2, -0.15) is 0 Å². The summed E-state index contributed by atoms with van der Waals surface area (Å²) >= 11 is 0. The summed E-state index contributed by atoms with van der Waals surface area (Å²) in [4.78, 5) is 21.1. The zero-order chi connectivity index (χ0) is 15.9. The van der Waals surface area contributed by atoms with Gasteiger partial charge in [0.2, 0.25) is 0 Å². The molecule has 1 N–H and O–H groups in total. The Kier molecular flexibility index (Phi) is 20.0. The Labute approximate surface area is 174 Å². The molecule has 5 nitrogen and oxygen atoms in total. The molecule has 22 heavy (non-hydrogen) atoms. The first-order valence-electron chi connectivity index (χ1n) is 8.22. The van der Waals surface area contributed by atoms with Crippen molar-refractivity contribution in [3.63, 3.8) is 0 Å². The SMILES string of the molecule is CCCCCCCCCCCCN[C@@H](CC(=O)[O-])C(=O)[O-].[Ba+2]. The monoisotopic (exact) mass is 437 g/mol. The quantitative estimate of drug-likeness (QED) is 0.296. The van der Waals surface area contributed by atoms with Crippen molar-refractivity contribution in [2.24, 2.45) is 0 Å². The van der Waals surface area contributed by atoms with Gasteiger partial charge in [0.1, 0.15) is 0 Å². The van der Waals surface area contributed by atoms with Gasteiger partial charge in [-0.3, -0.25) is 0 Å². The number of hydrogen-bond acceptors (Lipinski definition) is 5. The molecule has 0 aromatic heterocycles. The van der Waals surface area contributed by atoms with E-state index < -0.39 is 24.4 Å². The summed E-state index contributed by atoms with van der Waals surface area (Å²) in [6.45, 7) is 2.72. The molecule has 0 aromatic carbocycles. The largest absolute Gasteiger partial charge is 2.00 e. The standard InChI is InChI=1S/C16H31NO4.Ba/c1-2-3-4-5-6-7-8-9-10-11-12-17-14(16(20)21)13-15(18)19;/h14,17H,2-13H2,1H3,(H,18,19)(H,20,21);/q;+2/p-2/t14-;/m0./s1. The number of carboxylic acids is 2. The molecular formula is C16H29BaNO4. The van der Waals surface area contributed by atoms with E-state index in [0.717, 1.165) is 19.3 Å².